The first-order valence-electron chi connectivity index (χ1n) is 5.96. The van der Waals surface area contributed by atoms with E-state index in [4.69, 9.17) is 4.74 Å². The van der Waals surface area contributed by atoms with Gasteiger partial charge >= 0.3 is 0 Å². The van der Waals surface area contributed by atoms with E-state index in [2.05, 4.69) is 21.8 Å². The van der Waals surface area contributed by atoms with Crippen molar-refractivity contribution in [2.45, 2.75) is 32.2 Å². The second-order valence-corrected chi connectivity index (χ2v) is 4.03. The lowest BCUT2D eigenvalue weighted by molar-refractivity contribution is 0.181. The Kier molecular flexibility index (Phi) is 6.11. The van der Waals surface area contributed by atoms with Crippen molar-refractivity contribution in [3.8, 4) is 0 Å². The third-order valence-corrected chi connectivity index (χ3v) is 2.80. The molecule has 0 aliphatic rings. The molecule has 0 bridgehead atoms. The molecule has 0 spiro atoms. The zero-order chi connectivity index (χ0) is 11.8. The Morgan fingerprint density at radius 1 is 1.50 bits per heavy atom. The van der Waals surface area contributed by atoms with Gasteiger partial charge in [-0.15, -0.1) is 0 Å². The van der Waals surface area contributed by atoms with Crippen molar-refractivity contribution in [3.05, 3.63) is 18.2 Å². The lowest BCUT2D eigenvalue weighted by Gasteiger charge is -2.17. The molecule has 16 heavy (non-hydrogen) atoms. The minimum Gasteiger partial charge on any atom is -0.385 e. The molecular weight excluding hydrogens is 202 g/mol. The number of aryl methyl sites for hydroxylation is 2. The van der Waals surface area contributed by atoms with Crippen LogP contribution < -0.4 is 5.32 Å². The van der Waals surface area contributed by atoms with Gasteiger partial charge in [0.2, 0.25) is 0 Å². The van der Waals surface area contributed by atoms with E-state index in [-0.39, 0.29) is 0 Å². The molecule has 0 aliphatic heterocycles. The van der Waals surface area contributed by atoms with Gasteiger partial charge in [-0.3, -0.25) is 0 Å². The van der Waals surface area contributed by atoms with Gasteiger partial charge in [-0.2, -0.15) is 0 Å². The van der Waals surface area contributed by atoms with Gasteiger partial charge < -0.3 is 14.6 Å². The molecule has 0 radical (unpaired) electrons. The van der Waals surface area contributed by atoms with Crippen LogP contribution >= 0.6 is 0 Å². The molecule has 0 aliphatic carbocycles. The first kappa shape index (κ1) is 13.2. The zero-order valence-electron chi connectivity index (χ0n) is 10.6. The van der Waals surface area contributed by atoms with Crippen LogP contribution in [-0.4, -0.2) is 35.9 Å². The Bertz CT molecular complexity index is 286. The predicted molar refractivity (Wildman–Crippen MR) is 65.5 cm³/mol. The van der Waals surface area contributed by atoms with Crippen molar-refractivity contribution in [2.24, 2.45) is 7.05 Å². The number of ether oxygens (including phenoxy) is 1. The average Bonchev–Trinajstić information content (AvgIpc) is 2.68. The van der Waals surface area contributed by atoms with Crippen LogP contribution in [0.2, 0.25) is 0 Å². The maximum atomic E-state index is 5.12. The number of nitrogens with one attached hydrogen (secondary N) is 1. The lowest BCUT2D eigenvalue weighted by Crippen LogP contribution is -2.30. The van der Waals surface area contributed by atoms with Crippen molar-refractivity contribution in [3.63, 3.8) is 0 Å². The molecule has 1 N–H and O–H groups in total. The van der Waals surface area contributed by atoms with Crippen LogP contribution in [0.1, 0.15) is 25.6 Å². The van der Waals surface area contributed by atoms with Gasteiger partial charge in [-0.05, 0) is 19.4 Å². The van der Waals surface area contributed by atoms with E-state index in [0.717, 1.165) is 38.2 Å². The lowest BCUT2D eigenvalue weighted by atomic mass is 10.1. The Morgan fingerprint density at radius 3 is 2.88 bits per heavy atom. The number of imidazole rings is 1. The average molecular weight is 225 g/mol. The van der Waals surface area contributed by atoms with E-state index in [1.54, 1.807) is 7.11 Å². The smallest absolute Gasteiger partial charge is 0.108 e. The highest BCUT2D eigenvalue weighted by molar-refractivity contribution is 4.92. The minimum atomic E-state index is 0.529. The predicted octanol–water partition coefficient (Wildman–Crippen LogP) is 1.37. The van der Waals surface area contributed by atoms with Crippen LogP contribution in [0.3, 0.4) is 0 Å². The van der Waals surface area contributed by atoms with Crippen LogP contribution in [-0.2, 0) is 18.2 Å². The van der Waals surface area contributed by atoms with Gasteiger partial charge in [-0.1, -0.05) is 6.92 Å². The molecule has 0 fully saturated rings. The van der Waals surface area contributed by atoms with E-state index in [1.807, 2.05) is 19.4 Å². The summed E-state index contributed by atoms with van der Waals surface area (Å²) < 4.78 is 7.20. The quantitative estimate of drug-likeness (QED) is 0.726. The van der Waals surface area contributed by atoms with Crippen molar-refractivity contribution >= 4 is 0 Å². The number of nitrogens with zero attached hydrogens (tertiary/aromatic N) is 2. The fourth-order valence-corrected chi connectivity index (χ4v) is 1.84. The molecule has 4 heteroatoms. The number of rotatable bonds is 8. The Labute approximate surface area is 98.0 Å². The fourth-order valence-electron chi connectivity index (χ4n) is 1.84. The summed E-state index contributed by atoms with van der Waals surface area (Å²) in [6, 6.07) is 0.529. The molecule has 0 saturated heterocycles. The van der Waals surface area contributed by atoms with Gasteiger partial charge in [0.1, 0.15) is 5.82 Å². The van der Waals surface area contributed by atoms with E-state index in [0.29, 0.717) is 6.04 Å². The zero-order valence-corrected chi connectivity index (χ0v) is 10.6. The Morgan fingerprint density at radius 2 is 2.31 bits per heavy atom. The first-order chi connectivity index (χ1) is 7.77. The highest BCUT2D eigenvalue weighted by atomic mass is 16.5. The van der Waals surface area contributed by atoms with Crippen molar-refractivity contribution in [2.75, 3.05) is 20.3 Å². The normalized spacial score (nSPS) is 12.9. The summed E-state index contributed by atoms with van der Waals surface area (Å²) in [7, 11) is 3.79. The molecule has 92 valence electrons. The summed E-state index contributed by atoms with van der Waals surface area (Å²) in [5.74, 6) is 1.15. The van der Waals surface area contributed by atoms with E-state index in [9.17, 15) is 0 Å². The van der Waals surface area contributed by atoms with Gasteiger partial charge in [-0.25, -0.2) is 4.98 Å². The van der Waals surface area contributed by atoms with Gasteiger partial charge in [0.25, 0.3) is 0 Å². The molecule has 0 aromatic carbocycles. The Balaban J connectivity index is 2.34. The van der Waals surface area contributed by atoms with E-state index in [1.165, 1.54) is 0 Å². The molecule has 1 heterocycles. The summed E-state index contributed by atoms with van der Waals surface area (Å²) in [6.07, 6.45) is 7.04. The molecular formula is C12H23N3O. The first-order valence-corrected chi connectivity index (χ1v) is 5.96. The monoisotopic (exact) mass is 225 g/mol. The van der Waals surface area contributed by atoms with Crippen molar-refractivity contribution in [1.82, 2.24) is 14.9 Å². The third-order valence-electron chi connectivity index (χ3n) is 2.80. The standard InChI is InChI=1S/C12H23N3O/c1-4-13-11(7-10-16-3)5-6-12-14-8-9-15(12)2/h8-9,11,13H,4-7,10H2,1-3H3. The topological polar surface area (TPSA) is 39.1 Å². The highest BCUT2D eigenvalue weighted by Gasteiger charge is 2.08. The maximum absolute atomic E-state index is 5.12. The van der Waals surface area contributed by atoms with Crippen molar-refractivity contribution in [1.29, 1.82) is 0 Å². The summed E-state index contributed by atoms with van der Waals surface area (Å²) >= 11 is 0. The molecule has 1 unspecified atom stereocenters. The van der Waals surface area contributed by atoms with Crippen LogP contribution in [0.15, 0.2) is 12.4 Å². The molecule has 1 rings (SSSR count). The summed E-state index contributed by atoms with van der Waals surface area (Å²) in [6.45, 7) is 3.97. The van der Waals surface area contributed by atoms with Crippen LogP contribution in [0.25, 0.3) is 0 Å². The van der Waals surface area contributed by atoms with Crippen LogP contribution in [0.4, 0.5) is 0 Å². The SMILES string of the molecule is CCNC(CCOC)CCc1nccn1C. The fraction of sp³-hybridized carbons (Fsp3) is 0.750. The number of aromatic nitrogens is 2. The number of hydrogen-bond donors (Lipinski definition) is 1. The molecule has 1 aromatic rings. The maximum Gasteiger partial charge on any atom is 0.108 e. The van der Waals surface area contributed by atoms with Gasteiger partial charge in [0.05, 0.1) is 0 Å². The minimum absolute atomic E-state index is 0.529. The van der Waals surface area contributed by atoms with Gasteiger partial charge in [0, 0.05) is 45.6 Å². The molecule has 4 nitrogen and oxygen atoms in total. The molecule has 1 atom stereocenters. The summed E-state index contributed by atoms with van der Waals surface area (Å²) in [4.78, 5) is 4.33. The Hall–Kier alpha value is -0.870. The second kappa shape index (κ2) is 7.41. The van der Waals surface area contributed by atoms with Crippen molar-refractivity contribution < 1.29 is 4.74 Å². The van der Waals surface area contributed by atoms with Crippen LogP contribution in [0.5, 0.6) is 0 Å². The number of methoxy groups -OCH3 is 1. The second-order valence-electron chi connectivity index (χ2n) is 4.03. The largest absolute Gasteiger partial charge is 0.385 e. The number of hydrogen-bond acceptors (Lipinski definition) is 3. The van der Waals surface area contributed by atoms with Crippen LogP contribution in [0, 0.1) is 0 Å². The molecule has 0 amide bonds. The third kappa shape index (κ3) is 4.33. The van der Waals surface area contributed by atoms with E-state index < -0.39 is 0 Å². The summed E-state index contributed by atoms with van der Waals surface area (Å²) in [5, 5.41) is 3.48. The van der Waals surface area contributed by atoms with E-state index >= 15 is 0 Å². The summed E-state index contributed by atoms with van der Waals surface area (Å²) in [5.41, 5.74) is 0. The van der Waals surface area contributed by atoms with Gasteiger partial charge in [0.15, 0.2) is 0 Å². The molecule has 1 aromatic heterocycles. The highest BCUT2D eigenvalue weighted by Crippen LogP contribution is 2.05. The molecule has 0 saturated carbocycles.